The number of aliphatic hydroxyl groups excluding tert-OH is 1. The number of hydrogen-bond acceptors (Lipinski definition) is 8. The molecule has 0 radical (unpaired) electrons. The fourth-order valence-electron chi connectivity index (χ4n) is 8.02. The summed E-state index contributed by atoms with van der Waals surface area (Å²) in [5.41, 5.74) is 5.42. The standard InChI is InChI=1S/C25H25FO4.C21H19FO3.C4H7ClO/c1-15(2)23(27)29-22-21(24(28)30-25(22)12-4-5-13-25)20-14-18(7-6-16(20)3)17-8-10-19(26)11-9-17;1-13-4-5-15(14-6-8-16(22)9-7-14)12-17(13)18-19(23)21(25-20(18)24)10-2-3-11-21;1-3(2)4(5)6/h6-11,14-15H,4-5,12-13H2,1-3H3;4-9,12,23H,2-3,10-11H2,1H3;3H,1-2H3. The summed E-state index contributed by atoms with van der Waals surface area (Å²) in [6, 6.07) is 23.8. The minimum Gasteiger partial charge on any atom is -0.507 e. The molecule has 0 aromatic heterocycles. The molecular formula is C50H51ClF2O8. The highest BCUT2D eigenvalue weighted by atomic mass is 35.5. The van der Waals surface area contributed by atoms with Crippen molar-refractivity contribution in [3.05, 3.63) is 130 Å². The monoisotopic (exact) mass is 852 g/mol. The van der Waals surface area contributed by atoms with Crippen molar-refractivity contribution in [1.29, 1.82) is 0 Å². The van der Waals surface area contributed by atoms with Crippen molar-refractivity contribution in [2.24, 2.45) is 11.8 Å². The molecule has 2 fully saturated rings. The summed E-state index contributed by atoms with van der Waals surface area (Å²) in [6.45, 7) is 10.9. The highest BCUT2D eigenvalue weighted by Gasteiger charge is 2.53. The Balaban J connectivity index is 0.000000182. The summed E-state index contributed by atoms with van der Waals surface area (Å²) in [7, 11) is 0. The van der Waals surface area contributed by atoms with Crippen molar-refractivity contribution in [1.82, 2.24) is 0 Å². The fraction of sp³-hybridized carbons (Fsp3) is 0.360. The Morgan fingerprint density at radius 3 is 1.43 bits per heavy atom. The van der Waals surface area contributed by atoms with E-state index in [1.165, 1.54) is 24.3 Å². The largest absolute Gasteiger partial charge is 0.507 e. The minimum atomic E-state index is -0.852. The van der Waals surface area contributed by atoms with Crippen molar-refractivity contribution in [2.45, 2.75) is 104 Å². The van der Waals surface area contributed by atoms with Gasteiger partial charge in [-0.15, -0.1) is 0 Å². The highest BCUT2D eigenvalue weighted by molar-refractivity contribution is 6.63. The molecule has 0 saturated heterocycles. The zero-order valence-electron chi connectivity index (χ0n) is 35.3. The molecule has 2 aliphatic heterocycles. The fourth-order valence-corrected chi connectivity index (χ4v) is 8.02. The number of hydrogen-bond donors (Lipinski definition) is 1. The lowest BCUT2D eigenvalue weighted by molar-refractivity contribution is -0.153. The predicted molar refractivity (Wildman–Crippen MR) is 231 cm³/mol. The number of carbonyl (C=O) groups excluding carboxylic acids is 4. The number of ether oxygens (including phenoxy) is 3. The van der Waals surface area contributed by atoms with Crippen molar-refractivity contribution in [3.8, 4) is 22.3 Å². The van der Waals surface area contributed by atoms with Crippen LogP contribution in [-0.2, 0) is 33.4 Å². The van der Waals surface area contributed by atoms with Gasteiger partial charge in [0, 0.05) is 5.92 Å². The molecule has 2 saturated carbocycles. The lowest BCUT2D eigenvalue weighted by atomic mass is 9.91. The number of benzene rings is 4. The van der Waals surface area contributed by atoms with E-state index >= 15 is 0 Å². The van der Waals surface area contributed by atoms with E-state index in [0.717, 1.165) is 59.1 Å². The van der Waals surface area contributed by atoms with Crippen molar-refractivity contribution in [2.75, 3.05) is 0 Å². The molecule has 1 N–H and O–H groups in total. The molecule has 2 aliphatic carbocycles. The number of esters is 3. The van der Waals surface area contributed by atoms with Crippen molar-refractivity contribution >= 4 is 45.9 Å². The van der Waals surface area contributed by atoms with E-state index in [1.54, 1.807) is 52.0 Å². The van der Waals surface area contributed by atoms with Crippen LogP contribution in [-0.4, -0.2) is 39.5 Å². The van der Waals surface area contributed by atoms with Gasteiger partial charge in [0.2, 0.25) is 5.24 Å². The van der Waals surface area contributed by atoms with E-state index in [1.807, 2.05) is 50.2 Å². The normalized spacial score (nSPS) is 17.4. The van der Waals surface area contributed by atoms with Crippen LogP contribution in [0.2, 0.25) is 0 Å². The quantitative estimate of drug-likeness (QED) is 0.111. The second kappa shape index (κ2) is 18.6. The molecule has 2 spiro atoms. The van der Waals surface area contributed by atoms with Gasteiger partial charge in [-0.05, 0) is 158 Å². The minimum absolute atomic E-state index is 0.0216. The molecule has 320 valence electrons. The molecule has 0 bridgehead atoms. The summed E-state index contributed by atoms with van der Waals surface area (Å²) >= 11 is 4.97. The number of aliphatic hydroxyl groups is 1. The van der Waals surface area contributed by atoms with Crippen LogP contribution in [0.4, 0.5) is 8.78 Å². The molecule has 61 heavy (non-hydrogen) atoms. The maximum Gasteiger partial charge on any atom is 0.343 e. The third-order valence-corrected chi connectivity index (χ3v) is 12.0. The second-order valence-corrected chi connectivity index (χ2v) is 17.1. The molecular weight excluding hydrogens is 802 g/mol. The first-order valence-electron chi connectivity index (χ1n) is 20.8. The molecule has 2 heterocycles. The third-order valence-electron chi connectivity index (χ3n) is 11.6. The summed E-state index contributed by atoms with van der Waals surface area (Å²) in [5.74, 6) is -1.82. The van der Waals surface area contributed by atoms with Gasteiger partial charge in [0.1, 0.15) is 22.8 Å². The topological polar surface area (TPSA) is 116 Å². The molecule has 8 rings (SSSR count). The van der Waals surface area contributed by atoms with E-state index < -0.39 is 23.1 Å². The molecule has 4 aliphatic rings. The van der Waals surface area contributed by atoms with Gasteiger partial charge in [-0.25, -0.2) is 18.4 Å². The van der Waals surface area contributed by atoms with E-state index in [4.69, 9.17) is 25.8 Å². The Kier molecular flexibility index (Phi) is 13.7. The predicted octanol–water partition coefficient (Wildman–Crippen LogP) is 11.9. The maximum absolute atomic E-state index is 13.3. The lowest BCUT2D eigenvalue weighted by Crippen LogP contribution is -2.31. The van der Waals surface area contributed by atoms with Crippen LogP contribution in [0.25, 0.3) is 33.4 Å². The number of aryl methyl sites for hydroxylation is 2. The van der Waals surface area contributed by atoms with Crippen molar-refractivity contribution < 1.29 is 47.3 Å². The molecule has 0 atom stereocenters. The molecule has 0 unspecified atom stereocenters. The Bertz CT molecular complexity index is 2380. The van der Waals surface area contributed by atoms with Gasteiger partial charge in [0.05, 0.1) is 5.92 Å². The van der Waals surface area contributed by atoms with Crippen LogP contribution in [0, 0.1) is 37.3 Å². The van der Waals surface area contributed by atoms with Crippen LogP contribution in [0.3, 0.4) is 0 Å². The third kappa shape index (κ3) is 9.65. The van der Waals surface area contributed by atoms with Gasteiger partial charge in [-0.1, -0.05) is 76.2 Å². The summed E-state index contributed by atoms with van der Waals surface area (Å²) in [6.07, 6.45) is 6.36. The number of halogens is 3. The van der Waals surface area contributed by atoms with Gasteiger partial charge in [-0.3, -0.25) is 9.59 Å². The first kappa shape index (κ1) is 44.9. The zero-order valence-corrected chi connectivity index (χ0v) is 36.1. The zero-order chi connectivity index (χ0) is 44.2. The molecule has 4 aromatic carbocycles. The molecule has 4 aromatic rings. The van der Waals surface area contributed by atoms with Crippen LogP contribution < -0.4 is 0 Å². The average molecular weight is 853 g/mol. The van der Waals surface area contributed by atoms with Crippen LogP contribution >= 0.6 is 11.6 Å². The van der Waals surface area contributed by atoms with Crippen LogP contribution in [0.5, 0.6) is 0 Å². The Labute approximate surface area is 360 Å². The summed E-state index contributed by atoms with van der Waals surface area (Å²) < 4.78 is 43.7. The first-order chi connectivity index (χ1) is 28.9. The Morgan fingerprint density at radius 1 is 0.623 bits per heavy atom. The summed E-state index contributed by atoms with van der Waals surface area (Å²) in [5, 5.41) is 10.5. The second-order valence-electron chi connectivity index (χ2n) is 16.7. The van der Waals surface area contributed by atoms with Crippen LogP contribution in [0.15, 0.2) is 96.4 Å². The highest BCUT2D eigenvalue weighted by Crippen LogP contribution is 2.50. The number of rotatable bonds is 7. The lowest BCUT2D eigenvalue weighted by Gasteiger charge is -2.25. The average Bonchev–Trinajstić information content (AvgIpc) is 4.01. The Morgan fingerprint density at radius 2 is 1.00 bits per heavy atom. The Hall–Kier alpha value is -5.61. The van der Waals surface area contributed by atoms with E-state index in [2.05, 4.69) is 0 Å². The van der Waals surface area contributed by atoms with E-state index in [0.29, 0.717) is 48.1 Å². The van der Waals surface area contributed by atoms with E-state index in [9.17, 15) is 33.1 Å². The molecule has 11 heteroatoms. The SMILES string of the molecule is CC(C)C(=O)Cl.Cc1ccc(-c2ccc(F)cc2)cc1C1=C(O)C2(CCCC2)OC1=O.Cc1ccc(-c2ccc(F)cc2)cc1C1=C(OC(=O)C(C)C)C2(CCCC2)OC1=O. The smallest absolute Gasteiger partial charge is 0.343 e. The van der Waals surface area contributed by atoms with Gasteiger partial charge in [0.25, 0.3) is 0 Å². The molecule has 0 amide bonds. The van der Waals surface area contributed by atoms with E-state index in [-0.39, 0.29) is 46.0 Å². The van der Waals surface area contributed by atoms with Crippen molar-refractivity contribution in [3.63, 3.8) is 0 Å². The number of carbonyl (C=O) groups is 4. The van der Waals surface area contributed by atoms with Crippen LogP contribution in [0.1, 0.15) is 101 Å². The molecule has 8 nitrogen and oxygen atoms in total. The van der Waals surface area contributed by atoms with Gasteiger partial charge in [0.15, 0.2) is 22.7 Å². The maximum atomic E-state index is 13.3. The summed E-state index contributed by atoms with van der Waals surface area (Å²) in [4.78, 5) is 47.9. The van der Waals surface area contributed by atoms with Gasteiger partial charge >= 0.3 is 17.9 Å². The van der Waals surface area contributed by atoms with Gasteiger partial charge < -0.3 is 19.3 Å². The van der Waals surface area contributed by atoms with Gasteiger partial charge in [-0.2, -0.15) is 0 Å². The first-order valence-corrected chi connectivity index (χ1v) is 21.1.